The lowest BCUT2D eigenvalue weighted by atomic mass is 10.1. The number of aromatic nitrogens is 5. The zero-order chi connectivity index (χ0) is 17.6. The van der Waals surface area contributed by atoms with Crippen molar-refractivity contribution in [3.63, 3.8) is 0 Å². The SMILES string of the molecule is Cn1nccc1-c1cn(C)c2cc(S(=O)(=O)Cc3ncns3)ccc12. The van der Waals surface area contributed by atoms with Crippen LogP contribution >= 0.6 is 11.5 Å². The number of fused-ring (bicyclic) bond motifs is 1. The number of sulfone groups is 1. The van der Waals surface area contributed by atoms with E-state index in [0.29, 0.717) is 5.01 Å². The number of rotatable bonds is 4. The first kappa shape index (κ1) is 16.0. The van der Waals surface area contributed by atoms with Gasteiger partial charge in [-0.05, 0) is 29.7 Å². The van der Waals surface area contributed by atoms with Gasteiger partial charge in [0.1, 0.15) is 17.1 Å². The minimum atomic E-state index is -3.47. The zero-order valence-corrected chi connectivity index (χ0v) is 15.3. The molecule has 0 amide bonds. The molecule has 7 nitrogen and oxygen atoms in total. The van der Waals surface area contributed by atoms with Crippen LogP contribution in [-0.2, 0) is 29.7 Å². The van der Waals surface area contributed by atoms with Crippen molar-refractivity contribution in [1.82, 2.24) is 23.7 Å². The Hall–Kier alpha value is -2.52. The molecule has 0 bridgehead atoms. The summed E-state index contributed by atoms with van der Waals surface area (Å²) in [5.74, 6) is -0.137. The summed E-state index contributed by atoms with van der Waals surface area (Å²) in [5.41, 5.74) is 2.86. The van der Waals surface area contributed by atoms with E-state index < -0.39 is 9.84 Å². The van der Waals surface area contributed by atoms with Crippen LogP contribution in [0.25, 0.3) is 22.2 Å². The molecule has 0 spiro atoms. The van der Waals surface area contributed by atoms with Crippen LogP contribution in [0.1, 0.15) is 5.01 Å². The lowest BCUT2D eigenvalue weighted by Gasteiger charge is -2.04. The lowest BCUT2D eigenvalue weighted by molar-refractivity contribution is 0.595. The fraction of sp³-hybridized carbons (Fsp3) is 0.188. The molecule has 0 aliphatic rings. The maximum atomic E-state index is 12.7. The molecule has 128 valence electrons. The van der Waals surface area contributed by atoms with Crippen molar-refractivity contribution in [2.45, 2.75) is 10.6 Å². The Labute approximate surface area is 148 Å². The maximum absolute atomic E-state index is 12.7. The topological polar surface area (TPSA) is 82.7 Å². The molecule has 9 heteroatoms. The molecule has 3 aromatic heterocycles. The van der Waals surface area contributed by atoms with Crippen LogP contribution in [0.4, 0.5) is 0 Å². The smallest absolute Gasteiger partial charge is 0.185 e. The second-order valence-electron chi connectivity index (χ2n) is 5.77. The average molecular weight is 373 g/mol. The van der Waals surface area contributed by atoms with Crippen LogP contribution in [0.15, 0.2) is 47.9 Å². The molecule has 0 radical (unpaired) electrons. The van der Waals surface area contributed by atoms with Crippen LogP contribution < -0.4 is 0 Å². The molecule has 0 unspecified atom stereocenters. The maximum Gasteiger partial charge on any atom is 0.185 e. The summed E-state index contributed by atoms with van der Waals surface area (Å²) in [6.07, 6.45) is 5.11. The van der Waals surface area contributed by atoms with Crippen molar-refractivity contribution in [1.29, 1.82) is 0 Å². The van der Waals surface area contributed by atoms with E-state index in [1.54, 1.807) is 23.0 Å². The van der Waals surface area contributed by atoms with E-state index in [1.165, 1.54) is 6.33 Å². The molecule has 0 aliphatic carbocycles. The summed E-state index contributed by atoms with van der Waals surface area (Å²) in [4.78, 5) is 4.25. The second-order valence-corrected chi connectivity index (χ2v) is 8.62. The number of nitrogens with zero attached hydrogens (tertiary/aromatic N) is 5. The largest absolute Gasteiger partial charge is 0.350 e. The highest BCUT2D eigenvalue weighted by atomic mass is 32.2. The normalized spacial score (nSPS) is 12.1. The predicted molar refractivity (Wildman–Crippen MR) is 95.9 cm³/mol. The van der Waals surface area contributed by atoms with Gasteiger partial charge in [0.05, 0.1) is 10.6 Å². The van der Waals surface area contributed by atoms with E-state index in [2.05, 4.69) is 14.5 Å². The number of benzene rings is 1. The first-order valence-electron chi connectivity index (χ1n) is 7.51. The van der Waals surface area contributed by atoms with E-state index in [9.17, 15) is 8.42 Å². The summed E-state index contributed by atoms with van der Waals surface area (Å²) in [5, 5.41) is 5.68. The average Bonchev–Trinajstić information content (AvgIpc) is 3.29. The molecule has 1 aromatic carbocycles. The van der Waals surface area contributed by atoms with Crippen LogP contribution in [0, 0.1) is 0 Å². The van der Waals surface area contributed by atoms with Crippen molar-refractivity contribution >= 4 is 32.3 Å². The highest BCUT2D eigenvalue weighted by Crippen LogP contribution is 2.31. The van der Waals surface area contributed by atoms with Gasteiger partial charge < -0.3 is 4.57 Å². The van der Waals surface area contributed by atoms with E-state index >= 15 is 0 Å². The summed E-state index contributed by atoms with van der Waals surface area (Å²) >= 11 is 1.10. The molecule has 0 saturated carbocycles. The van der Waals surface area contributed by atoms with Gasteiger partial charge in [-0.15, -0.1) is 0 Å². The molecule has 0 saturated heterocycles. The molecule has 0 atom stereocenters. The predicted octanol–water partition coefficient (Wildman–Crippen LogP) is 2.40. The van der Waals surface area contributed by atoms with Crippen molar-refractivity contribution in [2.24, 2.45) is 14.1 Å². The van der Waals surface area contributed by atoms with Gasteiger partial charge in [-0.2, -0.15) is 9.47 Å². The van der Waals surface area contributed by atoms with Gasteiger partial charge in [-0.3, -0.25) is 4.68 Å². The van der Waals surface area contributed by atoms with Gasteiger partial charge in [0.25, 0.3) is 0 Å². The minimum Gasteiger partial charge on any atom is -0.350 e. The lowest BCUT2D eigenvalue weighted by Crippen LogP contribution is -2.05. The zero-order valence-electron chi connectivity index (χ0n) is 13.6. The van der Waals surface area contributed by atoms with Crippen LogP contribution in [0.3, 0.4) is 0 Å². The summed E-state index contributed by atoms with van der Waals surface area (Å²) in [6, 6.07) is 7.16. The molecule has 0 fully saturated rings. The van der Waals surface area contributed by atoms with Gasteiger partial charge >= 0.3 is 0 Å². The van der Waals surface area contributed by atoms with Crippen molar-refractivity contribution in [2.75, 3.05) is 0 Å². The summed E-state index contributed by atoms with van der Waals surface area (Å²) in [6.45, 7) is 0. The van der Waals surface area contributed by atoms with E-state index in [-0.39, 0.29) is 10.6 Å². The molecule has 0 aliphatic heterocycles. The van der Waals surface area contributed by atoms with Crippen molar-refractivity contribution in [3.8, 4) is 11.3 Å². The van der Waals surface area contributed by atoms with Crippen LogP contribution in [-0.4, -0.2) is 32.1 Å². The molecule has 3 heterocycles. The van der Waals surface area contributed by atoms with Gasteiger partial charge in [0, 0.05) is 43.0 Å². The Morgan fingerprint density at radius 1 is 1.20 bits per heavy atom. The summed E-state index contributed by atoms with van der Waals surface area (Å²) < 4.78 is 32.9. The minimum absolute atomic E-state index is 0.137. The fourth-order valence-corrected chi connectivity index (χ4v) is 5.02. The number of hydrogen-bond acceptors (Lipinski definition) is 6. The first-order chi connectivity index (χ1) is 12.0. The number of aryl methyl sites for hydroxylation is 2. The molecular weight excluding hydrogens is 358 g/mol. The highest BCUT2D eigenvalue weighted by Gasteiger charge is 2.20. The third-order valence-electron chi connectivity index (χ3n) is 4.14. The van der Waals surface area contributed by atoms with Crippen LogP contribution in [0.5, 0.6) is 0 Å². The monoisotopic (exact) mass is 373 g/mol. The van der Waals surface area contributed by atoms with Crippen molar-refractivity contribution < 1.29 is 8.42 Å². The van der Waals surface area contributed by atoms with Gasteiger partial charge in [-0.1, -0.05) is 6.07 Å². The number of hydrogen-bond donors (Lipinski definition) is 0. The van der Waals surface area contributed by atoms with Gasteiger partial charge in [-0.25, -0.2) is 13.4 Å². The quantitative estimate of drug-likeness (QED) is 0.549. The van der Waals surface area contributed by atoms with E-state index in [0.717, 1.165) is 33.7 Å². The van der Waals surface area contributed by atoms with Gasteiger partial charge in [0.2, 0.25) is 0 Å². The third-order valence-corrected chi connectivity index (χ3v) is 6.61. The molecule has 4 aromatic rings. The molecule has 25 heavy (non-hydrogen) atoms. The Kier molecular flexibility index (Phi) is 3.69. The third kappa shape index (κ3) is 2.75. The van der Waals surface area contributed by atoms with E-state index in [4.69, 9.17) is 0 Å². The standard InChI is InChI=1S/C16H15N5O2S2/c1-20-8-13(14-5-6-18-21(14)2)12-4-3-11(7-15(12)20)25(22,23)9-16-17-10-19-24-16/h3-8,10H,9H2,1-2H3. The second kappa shape index (κ2) is 5.78. The Bertz CT molecular complexity index is 1160. The van der Waals surface area contributed by atoms with Crippen LogP contribution in [0.2, 0.25) is 0 Å². The Morgan fingerprint density at radius 3 is 2.72 bits per heavy atom. The molecule has 0 N–H and O–H groups in total. The Morgan fingerprint density at radius 2 is 2.04 bits per heavy atom. The fourth-order valence-electron chi connectivity index (χ4n) is 2.90. The molecule has 4 rings (SSSR count). The van der Waals surface area contributed by atoms with Gasteiger partial charge in [0.15, 0.2) is 9.84 Å². The first-order valence-corrected chi connectivity index (χ1v) is 9.94. The van der Waals surface area contributed by atoms with E-state index in [1.807, 2.05) is 37.0 Å². The highest BCUT2D eigenvalue weighted by molar-refractivity contribution is 7.90. The van der Waals surface area contributed by atoms with Crippen molar-refractivity contribution in [3.05, 3.63) is 48.0 Å². The summed E-state index contributed by atoms with van der Waals surface area (Å²) in [7, 11) is 0.323. The Balaban J connectivity index is 1.82. The molecular formula is C16H15N5O2S2.